The quantitative estimate of drug-likeness (QED) is 0.395. The predicted octanol–water partition coefficient (Wildman–Crippen LogP) is 5.28. The van der Waals surface area contributed by atoms with Gasteiger partial charge in [0.15, 0.2) is 17.5 Å². The number of nitrogens with one attached hydrogen (secondary N) is 1. The molecule has 0 radical (unpaired) electrons. The van der Waals surface area contributed by atoms with Gasteiger partial charge < -0.3 is 9.47 Å². The van der Waals surface area contributed by atoms with E-state index >= 15 is 0 Å². The molecule has 31 heavy (non-hydrogen) atoms. The number of amides is 1. The molecule has 1 aliphatic rings. The van der Waals surface area contributed by atoms with Crippen LogP contribution in [0.5, 0.6) is 11.5 Å². The Bertz CT molecular complexity index is 1090. The molecule has 8 nitrogen and oxygen atoms in total. The van der Waals surface area contributed by atoms with Gasteiger partial charge in [-0.3, -0.25) is 20.2 Å². The lowest BCUT2D eigenvalue weighted by atomic mass is 9.84. The number of nitro groups is 1. The summed E-state index contributed by atoms with van der Waals surface area (Å²) in [5, 5.41) is 14.1. The molecule has 0 aliphatic heterocycles. The monoisotopic (exact) mass is 441 g/mol. The lowest BCUT2D eigenvalue weighted by Gasteiger charge is -2.22. The van der Waals surface area contributed by atoms with Crippen molar-refractivity contribution in [2.45, 2.75) is 38.0 Å². The molecule has 0 saturated heterocycles. The van der Waals surface area contributed by atoms with Crippen LogP contribution in [0.15, 0.2) is 36.4 Å². The second-order valence-electron chi connectivity index (χ2n) is 7.51. The van der Waals surface area contributed by atoms with Crippen molar-refractivity contribution in [3.05, 3.63) is 52.1 Å². The zero-order chi connectivity index (χ0) is 21.8. The molecule has 0 bridgehead atoms. The van der Waals surface area contributed by atoms with E-state index in [1.165, 1.54) is 56.9 Å². The van der Waals surface area contributed by atoms with Gasteiger partial charge in [-0.15, -0.1) is 0 Å². The number of aromatic nitrogens is 1. The van der Waals surface area contributed by atoms with Crippen molar-refractivity contribution in [1.82, 2.24) is 4.98 Å². The van der Waals surface area contributed by atoms with E-state index in [1.807, 2.05) is 12.1 Å². The SMILES string of the molecule is COc1cc([N+](=O)[O-])cc2sc(NC(=O)COc3ccc(C4CCCCC4)cc3)nc12. The van der Waals surface area contributed by atoms with Crippen LogP contribution in [0.1, 0.15) is 43.6 Å². The molecular formula is C22H23N3O5S. The molecule has 1 saturated carbocycles. The maximum absolute atomic E-state index is 12.3. The fourth-order valence-electron chi connectivity index (χ4n) is 3.88. The Morgan fingerprint density at radius 3 is 2.65 bits per heavy atom. The molecule has 1 fully saturated rings. The minimum Gasteiger partial charge on any atom is -0.494 e. The standard InChI is InChI=1S/C22H23N3O5S/c1-29-18-11-16(25(27)28)12-19-21(18)24-22(31-19)23-20(26)13-30-17-9-7-15(8-10-17)14-5-3-2-4-6-14/h7-12,14H,2-6,13H2,1H3,(H,23,24,26). The Morgan fingerprint density at radius 2 is 1.97 bits per heavy atom. The van der Waals surface area contributed by atoms with Crippen LogP contribution in [0.3, 0.4) is 0 Å². The van der Waals surface area contributed by atoms with Crippen LogP contribution in [-0.4, -0.2) is 29.5 Å². The summed E-state index contributed by atoms with van der Waals surface area (Å²) >= 11 is 1.14. The Hall–Kier alpha value is -3.20. The summed E-state index contributed by atoms with van der Waals surface area (Å²) < 4.78 is 11.4. The van der Waals surface area contributed by atoms with Crippen LogP contribution in [0.25, 0.3) is 10.2 Å². The summed E-state index contributed by atoms with van der Waals surface area (Å²) in [6.07, 6.45) is 6.37. The van der Waals surface area contributed by atoms with E-state index < -0.39 is 4.92 Å². The Kier molecular flexibility index (Phi) is 6.31. The first-order valence-electron chi connectivity index (χ1n) is 10.2. The minimum absolute atomic E-state index is 0.0918. The van der Waals surface area contributed by atoms with Crippen LogP contribution in [0, 0.1) is 10.1 Å². The van der Waals surface area contributed by atoms with Crippen LogP contribution >= 0.6 is 11.3 Å². The first-order chi connectivity index (χ1) is 15.0. The highest BCUT2D eigenvalue weighted by atomic mass is 32.1. The first-order valence-corrected chi connectivity index (χ1v) is 11.0. The molecule has 1 aromatic heterocycles. The molecule has 4 rings (SSSR count). The first kappa shape index (κ1) is 21.0. The van der Waals surface area contributed by atoms with Crippen LogP contribution in [0.4, 0.5) is 10.8 Å². The number of ether oxygens (including phenoxy) is 2. The minimum atomic E-state index is -0.493. The van der Waals surface area contributed by atoms with Gasteiger partial charge in [0.05, 0.1) is 22.8 Å². The van der Waals surface area contributed by atoms with Crippen molar-refractivity contribution in [1.29, 1.82) is 0 Å². The number of nitrogens with zero attached hydrogens (tertiary/aromatic N) is 2. The molecule has 3 aromatic rings. The van der Waals surface area contributed by atoms with Crippen molar-refractivity contribution in [3.63, 3.8) is 0 Å². The number of nitro benzene ring substituents is 1. The summed E-state index contributed by atoms with van der Waals surface area (Å²) in [7, 11) is 1.42. The fourth-order valence-corrected chi connectivity index (χ4v) is 4.81. The largest absolute Gasteiger partial charge is 0.494 e. The number of thiazole rings is 1. The number of methoxy groups -OCH3 is 1. The molecule has 0 unspecified atom stereocenters. The van der Waals surface area contributed by atoms with E-state index in [1.54, 1.807) is 0 Å². The number of rotatable bonds is 7. The topological polar surface area (TPSA) is 104 Å². The molecule has 2 aromatic carbocycles. The number of hydrogen-bond acceptors (Lipinski definition) is 7. The molecule has 0 atom stereocenters. The molecule has 0 spiro atoms. The second-order valence-corrected chi connectivity index (χ2v) is 8.54. The summed E-state index contributed by atoms with van der Waals surface area (Å²) in [4.78, 5) is 27.2. The summed E-state index contributed by atoms with van der Waals surface area (Å²) in [5.74, 6) is 1.19. The molecule has 1 aliphatic carbocycles. The van der Waals surface area contributed by atoms with Crippen LogP contribution < -0.4 is 14.8 Å². The van der Waals surface area contributed by atoms with Crippen molar-refractivity contribution < 1.29 is 19.2 Å². The maximum atomic E-state index is 12.3. The van der Waals surface area contributed by atoms with Crippen LogP contribution in [-0.2, 0) is 4.79 Å². The number of hydrogen-bond donors (Lipinski definition) is 1. The van der Waals surface area contributed by atoms with Gasteiger partial charge in [-0.1, -0.05) is 42.7 Å². The zero-order valence-electron chi connectivity index (χ0n) is 17.1. The summed E-state index contributed by atoms with van der Waals surface area (Å²) in [5.41, 5.74) is 1.70. The van der Waals surface area contributed by atoms with Gasteiger partial charge in [-0.2, -0.15) is 0 Å². The molecule has 1 N–H and O–H groups in total. The van der Waals surface area contributed by atoms with Gasteiger partial charge in [0.25, 0.3) is 11.6 Å². The number of non-ortho nitro benzene ring substituents is 1. The van der Waals surface area contributed by atoms with E-state index in [-0.39, 0.29) is 24.0 Å². The van der Waals surface area contributed by atoms with E-state index in [0.717, 1.165) is 11.3 Å². The highest BCUT2D eigenvalue weighted by molar-refractivity contribution is 7.22. The summed E-state index contributed by atoms with van der Waals surface area (Å²) in [6, 6.07) is 10.7. The number of carbonyl (C=O) groups is 1. The highest BCUT2D eigenvalue weighted by Gasteiger charge is 2.18. The lowest BCUT2D eigenvalue weighted by molar-refractivity contribution is -0.384. The average molecular weight is 442 g/mol. The van der Waals surface area contributed by atoms with Gasteiger partial charge in [0.2, 0.25) is 0 Å². The zero-order valence-corrected chi connectivity index (χ0v) is 17.9. The molecule has 1 heterocycles. The van der Waals surface area contributed by atoms with Gasteiger partial charge in [-0.25, -0.2) is 4.98 Å². The average Bonchev–Trinajstić information content (AvgIpc) is 3.20. The van der Waals surface area contributed by atoms with Crippen molar-refractivity contribution in [3.8, 4) is 11.5 Å². The van der Waals surface area contributed by atoms with E-state index in [2.05, 4.69) is 22.4 Å². The predicted molar refractivity (Wildman–Crippen MR) is 119 cm³/mol. The third-order valence-electron chi connectivity index (χ3n) is 5.45. The number of anilines is 1. The third kappa shape index (κ3) is 4.93. The number of fused-ring (bicyclic) bond motifs is 1. The van der Waals surface area contributed by atoms with Crippen molar-refractivity contribution in [2.75, 3.05) is 19.0 Å². The van der Waals surface area contributed by atoms with Crippen molar-refractivity contribution in [2.24, 2.45) is 0 Å². The number of carbonyl (C=O) groups excluding carboxylic acids is 1. The molecule has 162 valence electrons. The lowest BCUT2D eigenvalue weighted by Crippen LogP contribution is -2.20. The molecular weight excluding hydrogens is 418 g/mol. The van der Waals surface area contributed by atoms with E-state index in [4.69, 9.17) is 9.47 Å². The normalized spacial score (nSPS) is 14.4. The van der Waals surface area contributed by atoms with E-state index in [9.17, 15) is 14.9 Å². The van der Waals surface area contributed by atoms with Crippen LogP contribution in [0.2, 0.25) is 0 Å². The van der Waals surface area contributed by atoms with Gasteiger partial charge in [-0.05, 0) is 36.5 Å². The van der Waals surface area contributed by atoms with Crippen molar-refractivity contribution >= 4 is 38.3 Å². The fraction of sp³-hybridized carbons (Fsp3) is 0.364. The van der Waals surface area contributed by atoms with E-state index in [0.29, 0.717) is 27.0 Å². The summed E-state index contributed by atoms with van der Waals surface area (Å²) in [6.45, 7) is -0.157. The maximum Gasteiger partial charge on any atom is 0.274 e. The Morgan fingerprint density at radius 1 is 1.23 bits per heavy atom. The Labute approximate surface area is 183 Å². The third-order valence-corrected chi connectivity index (χ3v) is 6.37. The number of benzene rings is 2. The smallest absolute Gasteiger partial charge is 0.274 e. The van der Waals surface area contributed by atoms with Gasteiger partial charge >= 0.3 is 0 Å². The molecule has 1 amide bonds. The Balaban J connectivity index is 1.37. The molecule has 9 heteroatoms. The van der Waals surface area contributed by atoms with Gasteiger partial charge in [0.1, 0.15) is 11.3 Å². The van der Waals surface area contributed by atoms with Gasteiger partial charge in [0, 0.05) is 6.07 Å². The highest BCUT2D eigenvalue weighted by Crippen LogP contribution is 2.36. The second kappa shape index (κ2) is 9.30.